The Hall–Kier alpha value is 0.799. The van der Waals surface area contributed by atoms with Crippen LogP contribution in [0.1, 0.15) is 97.8 Å². The van der Waals surface area contributed by atoms with Crippen LogP contribution in [-0.2, 0) is 0 Å². The molecule has 0 aromatic carbocycles. The molecule has 1 heteroatoms. The Bertz CT molecular complexity index is 127. The summed E-state index contributed by atoms with van der Waals surface area (Å²) >= 11 is -1.08. The molecule has 0 bridgehead atoms. The predicted octanol–water partition coefficient (Wildman–Crippen LogP) is 6.95. The summed E-state index contributed by atoms with van der Waals surface area (Å²) in [5.41, 5.74) is 0. The first-order valence-corrected chi connectivity index (χ1v) is 16.3. The van der Waals surface area contributed by atoms with Crippen molar-refractivity contribution in [2.45, 2.75) is 111 Å². The molecule has 0 amide bonds. The Morgan fingerprint density at radius 1 is 0.421 bits per heavy atom. The van der Waals surface area contributed by atoms with Crippen LogP contribution in [0, 0.1) is 0 Å². The Kier molecular flexibility index (Phi) is 17.6. The zero-order valence-corrected chi connectivity index (χ0v) is 17.5. The van der Waals surface area contributed by atoms with E-state index in [2.05, 4.69) is 20.8 Å². The van der Waals surface area contributed by atoms with Crippen molar-refractivity contribution in [3.63, 3.8) is 0 Å². The first-order chi connectivity index (χ1) is 9.35. The topological polar surface area (TPSA) is 0 Å². The first kappa shape index (κ1) is 19.8. The van der Waals surface area contributed by atoms with Gasteiger partial charge in [0.1, 0.15) is 0 Å². The fraction of sp³-hybridized carbons (Fsp3) is 1.00. The van der Waals surface area contributed by atoms with Gasteiger partial charge in [-0.1, -0.05) is 0 Å². The molecule has 0 spiro atoms. The molecule has 0 radical (unpaired) electrons. The molecule has 19 heavy (non-hydrogen) atoms. The van der Waals surface area contributed by atoms with Gasteiger partial charge in [0.25, 0.3) is 0 Å². The summed E-state index contributed by atoms with van der Waals surface area (Å²) in [6, 6.07) is 0. The summed E-state index contributed by atoms with van der Waals surface area (Å²) in [5.74, 6) is 0. The predicted molar refractivity (Wildman–Crippen MR) is 94.0 cm³/mol. The van der Waals surface area contributed by atoms with Crippen molar-refractivity contribution < 1.29 is 0 Å². The molecule has 0 rings (SSSR count). The van der Waals surface area contributed by atoms with Gasteiger partial charge in [0.05, 0.1) is 0 Å². The molecule has 0 saturated carbocycles. The molecule has 0 aromatic rings. The van der Waals surface area contributed by atoms with Crippen LogP contribution in [0.4, 0.5) is 0 Å². The number of rotatable bonds is 15. The van der Waals surface area contributed by atoms with Gasteiger partial charge >= 0.3 is 131 Å². The Labute approximate surface area is 130 Å². The summed E-state index contributed by atoms with van der Waals surface area (Å²) in [6.45, 7) is 6.99. The van der Waals surface area contributed by atoms with E-state index in [1.165, 1.54) is 57.8 Å². The third-order valence-corrected chi connectivity index (χ3v) is 14.9. The Balaban J connectivity index is 3.66. The molecule has 0 aliphatic heterocycles. The molecular formula is C18H40Sn. The standard InChI is InChI=1S/3C6H13.Sn.H/c3*1-3-5-6-4-2;;/h3*1,3-6H2,2H3;;. The van der Waals surface area contributed by atoms with Crippen LogP contribution in [0.15, 0.2) is 0 Å². The number of hydrogen-bond acceptors (Lipinski definition) is 0. The molecule has 0 aliphatic rings. The monoisotopic (exact) mass is 376 g/mol. The summed E-state index contributed by atoms with van der Waals surface area (Å²) in [7, 11) is 0. The van der Waals surface area contributed by atoms with E-state index in [1.807, 2.05) is 0 Å². The van der Waals surface area contributed by atoms with Crippen molar-refractivity contribution >= 4 is 19.8 Å². The number of hydrogen-bond donors (Lipinski definition) is 0. The maximum absolute atomic E-state index is 2.33. The fourth-order valence-corrected chi connectivity index (χ4v) is 12.9. The zero-order valence-electron chi connectivity index (χ0n) is 14.2. The van der Waals surface area contributed by atoms with E-state index in [9.17, 15) is 0 Å². The van der Waals surface area contributed by atoms with Crippen molar-refractivity contribution in [1.29, 1.82) is 0 Å². The van der Waals surface area contributed by atoms with Gasteiger partial charge in [-0.2, -0.15) is 0 Å². The van der Waals surface area contributed by atoms with Gasteiger partial charge < -0.3 is 0 Å². The minimum absolute atomic E-state index is 1.08. The third kappa shape index (κ3) is 15.0. The molecule has 116 valence electrons. The molecule has 0 N–H and O–H groups in total. The van der Waals surface area contributed by atoms with Crippen molar-refractivity contribution in [1.82, 2.24) is 0 Å². The SMILES string of the molecule is CCCCC[CH2][SnH]([CH2]CCCCC)[CH2]CCCCC. The second-order valence-corrected chi connectivity index (χ2v) is 16.3. The van der Waals surface area contributed by atoms with E-state index < -0.39 is 19.8 Å². The quantitative estimate of drug-likeness (QED) is 0.215. The van der Waals surface area contributed by atoms with Gasteiger partial charge in [-0.05, 0) is 0 Å². The van der Waals surface area contributed by atoms with Crippen LogP contribution in [0.3, 0.4) is 0 Å². The third-order valence-electron chi connectivity index (χ3n) is 4.40. The second-order valence-electron chi connectivity index (χ2n) is 6.41. The molecule has 0 aromatic heterocycles. The number of unbranched alkanes of at least 4 members (excludes halogenated alkanes) is 9. The van der Waals surface area contributed by atoms with Crippen LogP contribution < -0.4 is 0 Å². The molecule has 0 atom stereocenters. The van der Waals surface area contributed by atoms with E-state index in [-0.39, 0.29) is 0 Å². The maximum atomic E-state index is 2.33. The Morgan fingerprint density at radius 2 is 0.737 bits per heavy atom. The van der Waals surface area contributed by atoms with Gasteiger partial charge in [-0.15, -0.1) is 0 Å². The van der Waals surface area contributed by atoms with Gasteiger partial charge in [0.2, 0.25) is 0 Å². The molecule has 0 fully saturated rings. The second kappa shape index (κ2) is 16.9. The van der Waals surface area contributed by atoms with E-state index in [4.69, 9.17) is 0 Å². The Morgan fingerprint density at radius 3 is 1.00 bits per heavy atom. The van der Waals surface area contributed by atoms with Gasteiger partial charge in [-0.25, -0.2) is 0 Å². The molecule has 0 saturated heterocycles. The van der Waals surface area contributed by atoms with Gasteiger partial charge in [0, 0.05) is 0 Å². The van der Waals surface area contributed by atoms with Crippen molar-refractivity contribution in [2.75, 3.05) is 0 Å². The van der Waals surface area contributed by atoms with Crippen molar-refractivity contribution in [3.8, 4) is 0 Å². The van der Waals surface area contributed by atoms with Crippen LogP contribution in [-0.4, -0.2) is 19.8 Å². The van der Waals surface area contributed by atoms with Gasteiger partial charge in [-0.3, -0.25) is 0 Å². The zero-order chi connectivity index (χ0) is 14.2. The molecule has 0 unspecified atom stereocenters. The summed E-state index contributed by atoms with van der Waals surface area (Å²) < 4.78 is 5.17. The summed E-state index contributed by atoms with van der Waals surface area (Å²) in [5, 5.41) is 0. The fourth-order valence-electron chi connectivity index (χ4n) is 3.01. The van der Waals surface area contributed by atoms with Crippen molar-refractivity contribution in [3.05, 3.63) is 0 Å². The average molecular weight is 375 g/mol. The minimum atomic E-state index is -1.08. The molecule has 0 nitrogen and oxygen atoms in total. The van der Waals surface area contributed by atoms with Crippen LogP contribution in [0.25, 0.3) is 0 Å². The molecule has 0 heterocycles. The van der Waals surface area contributed by atoms with Gasteiger partial charge in [0.15, 0.2) is 0 Å². The van der Waals surface area contributed by atoms with E-state index in [0.29, 0.717) is 0 Å². The van der Waals surface area contributed by atoms with E-state index in [0.717, 1.165) is 0 Å². The van der Waals surface area contributed by atoms with Crippen LogP contribution in [0.5, 0.6) is 0 Å². The molecular weight excluding hydrogens is 335 g/mol. The molecule has 0 aliphatic carbocycles. The normalized spacial score (nSPS) is 11.4. The first-order valence-electron chi connectivity index (χ1n) is 9.35. The van der Waals surface area contributed by atoms with Crippen LogP contribution >= 0.6 is 0 Å². The van der Waals surface area contributed by atoms with Crippen molar-refractivity contribution in [2.24, 2.45) is 0 Å². The van der Waals surface area contributed by atoms with E-state index in [1.54, 1.807) is 32.6 Å². The van der Waals surface area contributed by atoms with Crippen LogP contribution in [0.2, 0.25) is 13.3 Å². The average Bonchev–Trinajstić information content (AvgIpc) is 2.43. The summed E-state index contributed by atoms with van der Waals surface area (Å²) in [4.78, 5) is 0. The van der Waals surface area contributed by atoms with E-state index >= 15 is 0 Å². The summed E-state index contributed by atoms with van der Waals surface area (Å²) in [6.07, 6.45) is 17.9.